The SMILES string of the molecule is NNc1nn(Cc2ccccc2)c(N)nc1=O. The predicted molar refractivity (Wildman–Crippen MR) is 64.1 cm³/mol. The van der Waals surface area contributed by atoms with Crippen LogP contribution in [0.15, 0.2) is 35.1 Å². The highest BCUT2D eigenvalue weighted by Gasteiger charge is 2.06. The minimum Gasteiger partial charge on any atom is -0.368 e. The van der Waals surface area contributed by atoms with Gasteiger partial charge in [0, 0.05) is 0 Å². The van der Waals surface area contributed by atoms with Crippen LogP contribution in [0.4, 0.5) is 11.8 Å². The van der Waals surface area contributed by atoms with Crippen molar-refractivity contribution in [3.05, 3.63) is 46.2 Å². The minimum absolute atomic E-state index is 0.0323. The van der Waals surface area contributed by atoms with Crippen molar-refractivity contribution in [1.82, 2.24) is 14.8 Å². The summed E-state index contributed by atoms with van der Waals surface area (Å²) in [4.78, 5) is 14.9. The first-order valence-corrected chi connectivity index (χ1v) is 4.96. The highest BCUT2D eigenvalue weighted by atomic mass is 16.1. The highest BCUT2D eigenvalue weighted by Crippen LogP contribution is 2.04. The summed E-state index contributed by atoms with van der Waals surface area (Å²) < 4.78 is 1.41. The molecular weight excluding hydrogens is 220 g/mol. The van der Waals surface area contributed by atoms with Gasteiger partial charge in [-0.05, 0) is 5.56 Å². The fourth-order valence-electron chi connectivity index (χ4n) is 1.39. The summed E-state index contributed by atoms with van der Waals surface area (Å²) in [6.45, 7) is 0.425. The molecule has 1 aromatic carbocycles. The predicted octanol–water partition coefficient (Wildman–Crippen LogP) is -0.446. The highest BCUT2D eigenvalue weighted by molar-refractivity contribution is 5.31. The second-order valence-electron chi connectivity index (χ2n) is 3.41. The second-order valence-corrected chi connectivity index (χ2v) is 3.41. The molecule has 0 unspecified atom stereocenters. The Morgan fingerprint density at radius 1 is 1.29 bits per heavy atom. The molecule has 0 atom stereocenters. The van der Waals surface area contributed by atoms with Gasteiger partial charge >= 0.3 is 5.56 Å². The molecule has 1 aromatic heterocycles. The van der Waals surface area contributed by atoms with Gasteiger partial charge in [-0.15, -0.1) is 5.10 Å². The van der Waals surface area contributed by atoms with Gasteiger partial charge in [0.25, 0.3) is 0 Å². The Labute approximate surface area is 97.1 Å². The first-order chi connectivity index (χ1) is 8.20. The third-order valence-electron chi connectivity index (χ3n) is 2.22. The van der Waals surface area contributed by atoms with E-state index in [1.807, 2.05) is 30.3 Å². The number of anilines is 2. The van der Waals surface area contributed by atoms with Crippen LogP contribution < -0.4 is 22.6 Å². The van der Waals surface area contributed by atoms with Crippen LogP contribution in [-0.2, 0) is 6.54 Å². The van der Waals surface area contributed by atoms with Crippen molar-refractivity contribution >= 4 is 11.8 Å². The van der Waals surface area contributed by atoms with Crippen LogP contribution >= 0.6 is 0 Å². The van der Waals surface area contributed by atoms with E-state index < -0.39 is 5.56 Å². The fraction of sp³-hybridized carbons (Fsp3) is 0.100. The van der Waals surface area contributed by atoms with Crippen LogP contribution in [0.25, 0.3) is 0 Å². The number of rotatable bonds is 3. The number of aromatic nitrogens is 3. The van der Waals surface area contributed by atoms with Gasteiger partial charge in [0.2, 0.25) is 11.8 Å². The molecule has 0 saturated heterocycles. The lowest BCUT2D eigenvalue weighted by Gasteiger charge is -2.09. The zero-order chi connectivity index (χ0) is 12.3. The molecule has 1 heterocycles. The maximum atomic E-state index is 11.3. The number of hydrazine groups is 1. The molecule has 0 bridgehead atoms. The molecule has 17 heavy (non-hydrogen) atoms. The molecule has 0 fully saturated rings. The summed E-state index contributed by atoms with van der Waals surface area (Å²) >= 11 is 0. The number of benzene rings is 1. The van der Waals surface area contributed by atoms with E-state index in [1.54, 1.807) is 0 Å². The molecule has 0 aliphatic rings. The molecule has 0 aliphatic heterocycles. The van der Waals surface area contributed by atoms with Gasteiger partial charge in [-0.25, -0.2) is 10.5 Å². The molecular formula is C10H12N6O. The van der Waals surface area contributed by atoms with Crippen molar-refractivity contribution in [2.24, 2.45) is 5.84 Å². The van der Waals surface area contributed by atoms with Crippen LogP contribution in [0.3, 0.4) is 0 Å². The number of nitrogens with one attached hydrogen (secondary N) is 1. The maximum Gasteiger partial charge on any atom is 0.318 e. The third kappa shape index (κ3) is 2.40. The Kier molecular flexibility index (Phi) is 3.01. The molecule has 0 amide bonds. The van der Waals surface area contributed by atoms with Crippen LogP contribution in [-0.4, -0.2) is 14.8 Å². The Hall–Kier alpha value is -2.41. The normalized spacial score (nSPS) is 10.2. The molecule has 2 aromatic rings. The quantitative estimate of drug-likeness (QED) is 0.488. The first-order valence-electron chi connectivity index (χ1n) is 4.96. The fourth-order valence-corrected chi connectivity index (χ4v) is 1.39. The summed E-state index contributed by atoms with van der Waals surface area (Å²) in [6, 6.07) is 9.58. The number of nitrogens with two attached hydrogens (primary N) is 2. The zero-order valence-corrected chi connectivity index (χ0v) is 9.00. The van der Waals surface area contributed by atoms with Gasteiger partial charge in [-0.1, -0.05) is 30.3 Å². The average Bonchev–Trinajstić information content (AvgIpc) is 2.34. The number of nitrogens with zero attached hydrogens (tertiary/aromatic N) is 3. The Balaban J connectivity index is 2.36. The number of nitrogen functional groups attached to an aromatic ring is 2. The molecule has 0 saturated carbocycles. The van der Waals surface area contributed by atoms with E-state index in [0.717, 1.165) is 5.56 Å². The second kappa shape index (κ2) is 4.62. The number of hydrogen-bond donors (Lipinski definition) is 3. The van der Waals surface area contributed by atoms with Crippen LogP contribution in [0.2, 0.25) is 0 Å². The Morgan fingerprint density at radius 3 is 2.65 bits per heavy atom. The standard InChI is InChI=1S/C10H12N6O/c11-10-13-9(17)8(14-12)15-16(10)6-7-4-2-1-3-5-7/h1-5H,6,12H2,(H,14,15)(H2,11,13,17). The molecule has 0 spiro atoms. The molecule has 0 aliphatic carbocycles. The monoisotopic (exact) mass is 232 g/mol. The van der Waals surface area contributed by atoms with Crippen molar-refractivity contribution in [2.45, 2.75) is 6.54 Å². The summed E-state index contributed by atoms with van der Waals surface area (Å²) in [7, 11) is 0. The van der Waals surface area contributed by atoms with Crippen molar-refractivity contribution in [2.75, 3.05) is 11.2 Å². The summed E-state index contributed by atoms with van der Waals surface area (Å²) in [5.74, 6) is 5.18. The zero-order valence-electron chi connectivity index (χ0n) is 9.00. The number of hydrogen-bond acceptors (Lipinski definition) is 6. The molecule has 0 radical (unpaired) electrons. The van der Waals surface area contributed by atoms with E-state index in [-0.39, 0.29) is 11.8 Å². The van der Waals surface area contributed by atoms with E-state index in [4.69, 9.17) is 11.6 Å². The van der Waals surface area contributed by atoms with Gasteiger partial charge in [0.05, 0.1) is 6.54 Å². The minimum atomic E-state index is -0.575. The van der Waals surface area contributed by atoms with E-state index in [2.05, 4.69) is 15.5 Å². The van der Waals surface area contributed by atoms with E-state index >= 15 is 0 Å². The molecule has 88 valence electrons. The van der Waals surface area contributed by atoms with Gasteiger partial charge in [0.15, 0.2) is 0 Å². The van der Waals surface area contributed by atoms with Crippen molar-refractivity contribution in [1.29, 1.82) is 0 Å². The first kappa shape index (κ1) is 11.1. The van der Waals surface area contributed by atoms with Crippen molar-refractivity contribution < 1.29 is 0 Å². The molecule has 7 heteroatoms. The largest absolute Gasteiger partial charge is 0.368 e. The van der Waals surface area contributed by atoms with Gasteiger partial charge in [-0.3, -0.25) is 4.79 Å². The van der Waals surface area contributed by atoms with Gasteiger partial charge < -0.3 is 11.2 Å². The van der Waals surface area contributed by atoms with Gasteiger partial charge in [-0.2, -0.15) is 4.98 Å². The Morgan fingerprint density at radius 2 is 2.00 bits per heavy atom. The third-order valence-corrected chi connectivity index (χ3v) is 2.22. The van der Waals surface area contributed by atoms with E-state index in [0.29, 0.717) is 6.54 Å². The lowest BCUT2D eigenvalue weighted by atomic mass is 10.2. The molecule has 5 N–H and O–H groups in total. The lowest BCUT2D eigenvalue weighted by Crippen LogP contribution is -2.26. The summed E-state index contributed by atoms with van der Waals surface area (Å²) in [5.41, 5.74) is 8.23. The van der Waals surface area contributed by atoms with E-state index in [9.17, 15) is 4.79 Å². The molecule has 7 nitrogen and oxygen atoms in total. The molecule has 2 rings (SSSR count). The van der Waals surface area contributed by atoms with Crippen LogP contribution in [0.5, 0.6) is 0 Å². The van der Waals surface area contributed by atoms with Crippen LogP contribution in [0, 0.1) is 0 Å². The van der Waals surface area contributed by atoms with Gasteiger partial charge in [0.1, 0.15) is 0 Å². The summed E-state index contributed by atoms with van der Waals surface area (Å²) in [5, 5.41) is 3.97. The topological polar surface area (TPSA) is 112 Å². The Bertz CT molecular complexity index is 565. The lowest BCUT2D eigenvalue weighted by molar-refractivity contribution is 0.658. The maximum absolute atomic E-state index is 11.3. The average molecular weight is 232 g/mol. The van der Waals surface area contributed by atoms with Crippen LogP contribution in [0.1, 0.15) is 5.56 Å². The van der Waals surface area contributed by atoms with Crippen molar-refractivity contribution in [3.8, 4) is 0 Å². The summed E-state index contributed by atoms with van der Waals surface area (Å²) in [6.07, 6.45) is 0. The van der Waals surface area contributed by atoms with Crippen molar-refractivity contribution in [3.63, 3.8) is 0 Å². The smallest absolute Gasteiger partial charge is 0.318 e. The van der Waals surface area contributed by atoms with E-state index in [1.165, 1.54) is 4.68 Å².